The number of benzene rings is 1. The number of para-hydroxylation sites is 1. The summed E-state index contributed by atoms with van der Waals surface area (Å²) in [5.41, 5.74) is 1.44. The summed E-state index contributed by atoms with van der Waals surface area (Å²) < 4.78 is 5.13. The van der Waals surface area contributed by atoms with E-state index in [1.807, 2.05) is 31.2 Å². The fourth-order valence-electron chi connectivity index (χ4n) is 1.44. The predicted molar refractivity (Wildman–Crippen MR) is 74.8 cm³/mol. The highest BCUT2D eigenvalue weighted by molar-refractivity contribution is 5.92. The third kappa shape index (κ3) is 6.05. The van der Waals surface area contributed by atoms with Crippen LogP contribution < -0.4 is 5.32 Å². The number of hydrogen-bond donors (Lipinski definition) is 2. The quantitative estimate of drug-likeness (QED) is 0.606. The Morgan fingerprint density at radius 3 is 2.95 bits per heavy atom. The van der Waals surface area contributed by atoms with Crippen LogP contribution in [-0.4, -0.2) is 30.8 Å². The Labute approximate surface area is 113 Å². The minimum absolute atomic E-state index is 0.0376. The van der Waals surface area contributed by atoms with Crippen molar-refractivity contribution in [3.8, 4) is 11.8 Å². The zero-order chi connectivity index (χ0) is 13.9. The first kappa shape index (κ1) is 15.2. The molecule has 19 heavy (non-hydrogen) atoms. The standard InChI is InChI=1S/C15H19NO3/c1-2-19-12-10-15(18)16-14-9-4-3-7-13(14)8-5-6-11-17/h3-4,7,9,17H,2,6,10-12H2,1H3,(H,16,18). The molecule has 4 heteroatoms. The summed E-state index contributed by atoms with van der Waals surface area (Å²) in [5, 5.41) is 11.5. The Balaban J connectivity index is 2.62. The molecule has 1 amide bonds. The largest absolute Gasteiger partial charge is 0.395 e. The molecule has 2 N–H and O–H groups in total. The second kappa shape index (κ2) is 9.15. The minimum Gasteiger partial charge on any atom is -0.395 e. The smallest absolute Gasteiger partial charge is 0.226 e. The van der Waals surface area contributed by atoms with Gasteiger partial charge >= 0.3 is 0 Å². The predicted octanol–water partition coefficient (Wildman–Crippen LogP) is 1.79. The van der Waals surface area contributed by atoms with Crippen LogP contribution in [0.1, 0.15) is 25.3 Å². The van der Waals surface area contributed by atoms with Crippen LogP contribution in [0.3, 0.4) is 0 Å². The lowest BCUT2D eigenvalue weighted by molar-refractivity contribution is -0.117. The molecule has 1 rings (SSSR count). The van der Waals surface area contributed by atoms with Gasteiger partial charge in [0, 0.05) is 18.6 Å². The fourth-order valence-corrected chi connectivity index (χ4v) is 1.44. The average molecular weight is 261 g/mol. The number of aliphatic hydroxyl groups excluding tert-OH is 1. The monoisotopic (exact) mass is 261 g/mol. The van der Waals surface area contributed by atoms with Crippen LogP contribution in [0.25, 0.3) is 0 Å². The van der Waals surface area contributed by atoms with Crippen LogP contribution in [0, 0.1) is 11.8 Å². The summed E-state index contributed by atoms with van der Waals surface area (Å²) in [4.78, 5) is 11.7. The van der Waals surface area contributed by atoms with E-state index in [-0.39, 0.29) is 12.5 Å². The molecule has 1 aromatic carbocycles. The number of amides is 1. The third-order valence-electron chi connectivity index (χ3n) is 2.34. The van der Waals surface area contributed by atoms with Crippen molar-refractivity contribution in [2.24, 2.45) is 0 Å². The second-order valence-corrected chi connectivity index (χ2v) is 3.82. The molecule has 0 aromatic heterocycles. The van der Waals surface area contributed by atoms with Crippen molar-refractivity contribution >= 4 is 11.6 Å². The first-order valence-corrected chi connectivity index (χ1v) is 6.34. The Morgan fingerprint density at radius 1 is 1.42 bits per heavy atom. The lowest BCUT2D eigenvalue weighted by Crippen LogP contribution is -2.14. The molecule has 0 fully saturated rings. The van der Waals surface area contributed by atoms with Crippen molar-refractivity contribution in [2.45, 2.75) is 19.8 Å². The number of carbonyl (C=O) groups excluding carboxylic acids is 1. The highest BCUT2D eigenvalue weighted by Crippen LogP contribution is 2.13. The number of hydrogen-bond acceptors (Lipinski definition) is 3. The van der Waals surface area contributed by atoms with Gasteiger partial charge in [0.05, 0.1) is 25.3 Å². The molecule has 4 nitrogen and oxygen atoms in total. The van der Waals surface area contributed by atoms with Crippen LogP contribution in [0.4, 0.5) is 5.69 Å². The number of anilines is 1. The summed E-state index contributed by atoms with van der Waals surface area (Å²) in [6.45, 7) is 2.96. The summed E-state index contributed by atoms with van der Waals surface area (Å²) in [5.74, 6) is 5.68. The minimum atomic E-state index is -0.0927. The van der Waals surface area contributed by atoms with Gasteiger partial charge in [-0.1, -0.05) is 24.0 Å². The maximum atomic E-state index is 11.7. The zero-order valence-electron chi connectivity index (χ0n) is 11.1. The van der Waals surface area contributed by atoms with E-state index in [1.54, 1.807) is 0 Å². The van der Waals surface area contributed by atoms with Gasteiger partial charge in [-0.15, -0.1) is 0 Å². The van der Waals surface area contributed by atoms with E-state index in [0.29, 0.717) is 31.7 Å². The van der Waals surface area contributed by atoms with E-state index in [0.717, 1.165) is 5.56 Å². The maximum absolute atomic E-state index is 11.7. The van der Waals surface area contributed by atoms with Crippen molar-refractivity contribution < 1.29 is 14.6 Å². The van der Waals surface area contributed by atoms with E-state index >= 15 is 0 Å². The van der Waals surface area contributed by atoms with Gasteiger partial charge < -0.3 is 15.2 Å². The molecular formula is C15H19NO3. The lowest BCUT2D eigenvalue weighted by atomic mass is 10.1. The summed E-state index contributed by atoms with van der Waals surface area (Å²) in [6, 6.07) is 7.35. The zero-order valence-corrected chi connectivity index (χ0v) is 11.1. The Kier molecular flexibility index (Phi) is 7.33. The summed E-state index contributed by atoms with van der Waals surface area (Å²) >= 11 is 0. The van der Waals surface area contributed by atoms with Crippen LogP contribution >= 0.6 is 0 Å². The van der Waals surface area contributed by atoms with Crippen LogP contribution in [0.2, 0.25) is 0 Å². The molecule has 1 aromatic rings. The van der Waals surface area contributed by atoms with Gasteiger partial charge in [0.2, 0.25) is 5.91 Å². The Bertz CT molecular complexity index is 460. The molecule has 0 unspecified atom stereocenters. The number of ether oxygens (including phenoxy) is 1. The molecule has 102 valence electrons. The van der Waals surface area contributed by atoms with Crippen molar-refractivity contribution in [3.63, 3.8) is 0 Å². The van der Waals surface area contributed by atoms with Crippen molar-refractivity contribution in [1.82, 2.24) is 0 Å². The SMILES string of the molecule is CCOCCC(=O)Nc1ccccc1C#CCCO. The summed E-state index contributed by atoms with van der Waals surface area (Å²) in [6.07, 6.45) is 0.749. The molecular weight excluding hydrogens is 242 g/mol. The van der Waals surface area contributed by atoms with Gasteiger partial charge in [0.1, 0.15) is 0 Å². The molecule has 0 heterocycles. The molecule has 0 bridgehead atoms. The van der Waals surface area contributed by atoms with Crippen LogP contribution in [0.15, 0.2) is 24.3 Å². The number of rotatable bonds is 6. The van der Waals surface area contributed by atoms with Gasteiger partial charge in [-0.05, 0) is 19.1 Å². The van der Waals surface area contributed by atoms with Gasteiger partial charge in [0.25, 0.3) is 0 Å². The van der Waals surface area contributed by atoms with E-state index in [1.165, 1.54) is 0 Å². The first-order valence-electron chi connectivity index (χ1n) is 6.34. The molecule has 0 aliphatic rings. The number of carbonyl (C=O) groups is 1. The third-order valence-corrected chi connectivity index (χ3v) is 2.34. The van der Waals surface area contributed by atoms with Crippen molar-refractivity contribution in [2.75, 3.05) is 25.1 Å². The van der Waals surface area contributed by atoms with Crippen LogP contribution in [0.5, 0.6) is 0 Å². The fraction of sp³-hybridized carbons (Fsp3) is 0.400. The normalized spacial score (nSPS) is 9.58. The van der Waals surface area contributed by atoms with E-state index in [9.17, 15) is 4.79 Å². The molecule has 0 atom stereocenters. The second-order valence-electron chi connectivity index (χ2n) is 3.82. The maximum Gasteiger partial charge on any atom is 0.226 e. The first-order chi connectivity index (χ1) is 9.27. The summed E-state index contributed by atoms with van der Waals surface area (Å²) in [7, 11) is 0. The topological polar surface area (TPSA) is 58.6 Å². The van der Waals surface area contributed by atoms with Gasteiger partial charge in [0.15, 0.2) is 0 Å². The van der Waals surface area contributed by atoms with Crippen LogP contribution in [-0.2, 0) is 9.53 Å². The molecule has 0 aliphatic heterocycles. The molecule has 0 saturated carbocycles. The number of aliphatic hydroxyl groups is 1. The van der Waals surface area contributed by atoms with Gasteiger partial charge in [-0.2, -0.15) is 0 Å². The molecule has 0 saturated heterocycles. The highest BCUT2D eigenvalue weighted by atomic mass is 16.5. The Hall–Kier alpha value is -1.83. The lowest BCUT2D eigenvalue weighted by Gasteiger charge is -2.07. The highest BCUT2D eigenvalue weighted by Gasteiger charge is 2.04. The van der Waals surface area contributed by atoms with E-state index < -0.39 is 0 Å². The van der Waals surface area contributed by atoms with Gasteiger partial charge in [-0.25, -0.2) is 0 Å². The molecule has 0 radical (unpaired) electrons. The number of nitrogens with one attached hydrogen (secondary N) is 1. The van der Waals surface area contributed by atoms with E-state index in [2.05, 4.69) is 17.2 Å². The Morgan fingerprint density at radius 2 is 2.21 bits per heavy atom. The van der Waals surface area contributed by atoms with Crippen molar-refractivity contribution in [1.29, 1.82) is 0 Å². The molecule has 0 aliphatic carbocycles. The molecule has 0 spiro atoms. The van der Waals surface area contributed by atoms with Crippen molar-refractivity contribution in [3.05, 3.63) is 29.8 Å². The van der Waals surface area contributed by atoms with E-state index in [4.69, 9.17) is 9.84 Å². The average Bonchev–Trinajstić information content (AvgIpc) is 2.41. The van der Waals surface area contributed by atoms with Gasteiger partial charge in [-0.3, -0.25) is 4.79 Å².